The zero-order valence-electron chi connectivity index (χ0n) is 18.8. The SMILES string of the molecule is C(=N/Nc1nc(N2CCOCC2)nc(N2CCOCC2)n1)/c1ccc(Oc2ccccc2)cc1. The fourth-order valence-electron chi connectivity index (χ4n) is 3.62. The van der Waals surface area contributed by atoms with Gasteiger partial charge in [0.2, 0.25) is 17.8 Å². The van der Waals surface area contributed by atoms with Crippen molar-refractivity contribution < 1.29 is 14.2 Å². The summed E-state index contributed by atoms with van der Waals surface area (Å²) in [4.78, 5) is 18.1. The molecule has 2 aliphatic heterocycles. The quantitative estimate of drug-likeness (QED) is 0.421. The number of nitrogens with zero attached hydrogens (tertiary/aromatic N) is 6. The largest absolute Gasteiger partial charge is 0.457 e. The number of aromatic nitrogens is 3. The molecule has 10 nitrogen and oxygen atoms in total. The lowest BCUT2D eigenvalue weighted by Crippen LogP contribution is -2.40. The maximum absolute atomic E-state index is 5.83. The zero-order chi connectivity index (χ0) is 23.0. The molecular formula is C24H27N7O3. The molecule has 34 heavy (non-hydrogen) atoms. The molecule has 2 saturated heterocycles. The van der Waals surface area contributed by atoms with Gasteiger partial charge in [-0.05, 0) is 42.0 Å². The standard InChI is InChI=1S/C24H27N7O3/c1-2-4-20(5-3-1)34-21-8-6-19(7-9-21)18-25-29-22-26-23(30-10-14-32-15-11-30)28-24(27-22)31-12-16-33-17-13-31/h1-9,18H,10-17H2,(H,26,27,28,29)/b25-18-. The summed E-state index contributed by atoms with van der Waals surface area (Å²) in [5.74, 6) is 3.21. The maximum Gasteiger partial charge on any atom is 0.250 e. The van der Waals surface area contributed by atoms with E-state index in [1.54, 1.807) is 6.21 Å². The van der Waals surface area contributed by atoms with Crippen molar-refractivity contribution in [2.75, 3.05) is 67.8 Å². The summed E-state index contributed by atoms with van der Waals surface area (Å²) in [6, 6.07) is 17.4. The van der Waals surface area contributed by atoms with E-state index < -0.39 is 0 Å². The number of morpholine rings is 2. The van der Waals surface area contributed by atoms with Gasteiger partial charge in [-0.1, -0.05) is 18.2 Å². The van der Waals surface area contributed by atoms with Gasteiger partial charge >= 0.3 is 0 Å². The van der Waals surface area contributed by atoms with Crippen LogP contribution < -0.4 is 20.0 Å². The van der Waals surface area contributed by atoms with E-state index in [4.69, 9.17) is 19.2 Å². The number of anilines is 3. The van der Waals surface area contributed by atoms with Crippen molar-refractivity contribution in [3.8, 4) is 11.5 Å². The third kappa shape index (κ3) is 5.77. The average Bonchev–Trinajstić information content (AvgIpc) is 2.91. The highest BCUT2D eigenvalue weighted by molar-refractivity contribution is 5.80. The molecule has 3 aromatic rings. The Kier molecular flexibility index (Phi) is 7.07. The van der Waals surface area contributed by atoms with Crippen molar-refractivity contribution in [2.45, 2.75) is 0 Å². The summed E-state index contributed by atoms with van der Waals surface area (Å²) >= 11 is 0. The first-order chi connectivity index (χ1) is 16.8. The van der Waals surface area contributed by atoms with E-state index >= 15 is 0 Å². The van der Waals surface area contributed by atoms with Crippen molar-refractivity contribution >= 4 is 24.1 Å². The normalized spacial score (nSPS) is 16.6. The number of hydrazone groups is 1. The van der Waals surface area contributed by atoms with E-state index in [9.17, 15) is 0 Å². The lowest BCUT2D eigenvalue weighted by molar-refractivity contribution is 0.121. The molecule has 0 spiro atoms. The summed E-state index contributed by atoms with van der Waals surface area (Å²) < 4.78 is 16.8. The summed E-state index contributed by atoms with van der Waals surface area (Å²) in [6.07, 6.45) is 1.72. The molecule has 176 valence electrons. The summed E-state index contributed by atoms with van der Waals surface area (Å²) in [5, 5.41) is 4.34. The number of benzene rings is 2. The molecule has 2 fully saturated rings. The minimum atomic E-state index is 0.401. The highest BCUT2D eigenvalue weighted by Gasteiger charge is 2.20. The molecule has 0 unspecified atom stereocenters. The fraction of sp³-hybridized carbons (Fsp3) is 0.333. The molecule has 2 aliphatic rings. The molecule has 3 heterocycles. The second-order valence-corrected chi connectivity index (χ2v) is 7.81. The van der Waals surface area contributed by atoms with Crippen molar-refractivity contribution in [1.82, 2.24) is 15.0 Å². The smallest absolute Gasteiger partial charge is 0.250 e. The third-order valence-electron chi connectivity index (χ3n) is 5.44. The van der Waals surface area contributed by atoms with Gasteiger partial charge < -0.3 is 24.0 Å². The molecule has 0 amide bonds. The van der Waals surface area contributed by atoms with Gasteiger partial charge in [-0.3, -0.25) is 0 Å². The van der Waals surface area contributed by atoms with Crippen LogP contribution in [0.25, 0.3) is 0 Å². The monoisotopic (exact) mass is 461 g/mol. The number of hydrogen-bond donors (Lipinski definition) is 1. The van der Waals surface area contributed by atoms with Gasteiger partial charge in [0.1, 0.15) is 11.5 Å². The first kappa shape index (κ1) is 22.1. The van der Waals surface area contributed by atoms with Gasteiger partial charge in [0.25, 0.3) is 0 Å². The molecule has 2 aromatic carbocycles. The van der Waals surface area contributed by atoms with Crippen LogP contribution in [0.5, 0.6) is 11.5 Å². The van der Waals surface area contributed by atoms with E-state index in [0.717, 1.165) is 43.2 Å². The van der Waals surface area contributed by atoms with E-state index in [2.05, 4.69) is 30.3 Å². The highest BCUT2D eigenvalue weighted by atomic mass is 16.5. The molecule has 10 heteroatoms. The van der Waals surface area contributed by atoms with Crippen LogP contribution in [-0.2, 0) is 9.47 Å². The van der Waals surface area contributed by atoms with E-state index in [-0.39, 0.29) is 0 Å². The molecule has 1 aromatic heterocycles. The topological polar surface area (TPSA) is 97.2 Å². The molecule has 0 saturated carbocycles. The molecule has 0 radical (unpaired) electrons. The number of hydrogen-bond acceptors (Lipinski definition) is 10. The number of rotatable bonds is 7. The van der Waals surface area contributed by atoms with E-state index in [1.165, 1.54) is 0 Å². The summed E-state index contributed by atoms with van der Waals surface area (Å²) in [5.41, 5.74) is 3.89. The van der Waals surface area contributed by atoms with Crippen molar-refractivity contribution in [3.63, 3.8) is 0 Å². The van der Waals surface area contributed by atoms with Crippen LogP contribution in [0.1, 0.15) is 5.56 Å². The van der Waals surface area contributed by atoms with Gasteiger partial charge in [0, 0.05) is 26.2 Å². The minimum absolute atomic E-state index is 0.401. The maximum atomic E-state index is 5.83. The average molecular weight is 462 g/mol. The van der Waals surface area contributed by atoms with Crippen molar-refractivity contribution in [3.05, 3.63) is 60.2 Å². The minimum Gasteiger partial charge on any atom is -0.457 e. The Morgan fingerprint density at radius 3 is 1.88 bits per heavy atom. The van der Waals surface area contributed by atoms with Gasteiger partial charge in [-0.15, -0.1) is 0 Å². The Balaban J connectivity index is 1.28. The van der Waals surface area contributed by atoms with Crippen LogP contribution in [-0.4, -0.2) is 73.8 Å². The molecular weight excluding hydrogens is 434 g/mol. The predicted octanol–water partition coefficient (Wildman–Crippen LogP) is 2.78. The summed E-state index contributed by atoms with van der Waals surface area (Å²) in [7, 11) is 0. The van der Waals surface area contributed by atoms with Crippen LogP contribution in [0.15, 0.2) is 59.7 Å². The zero-order valence-corrected chi connectivity index (χ0v) is 18.8. The van der Waals surface area contributed by atoms with Gasteiger partial charge in [-0.25, -0.2) is 5.43 Å². The van der Waals surface area contributed by atoms with Crippen molar-refractivity contribution in [2.24, 2.45) is 5.10 Å². The lowest BCUT2D eigenvalue weighted by atomic mass is 10.2. The highest BCUT2D eigenvalue weighted by Crippen LogP contribution is 2.21. The summed E-state index contributed by atoms with van der Waals surface area (Å²) in [6.45, 7) is 5.60. The van der Waals surface area contributed by atoms with Crippen LogP contribution in [0.2, 0.25) is 0 Å². The predicted molar refractivity (Wildman–Crippen MR) is 130 cm³/mol. The van der Waals surface area contributed by atoms with Crippen LogP contribution in [0.4, 0.5) is 17.8 Å². The van der Waals surface area contributed by atoms with Crippen LogP contribution in [0.3, 0.4) is 0 Å². The van der Waals surface area contributed by atoms with Crippen molar-refractivity contribution in [1.29, 1.82) is 0 Å². The third-order valence-corrected chi connectivity index (χ3v) is 5.44. The Morgan fingerprint density at radius 2 is 1.29 bits per heavy atom. The van der Waals surface area contributed by atoms with E-state index in [1.807, 2.05) is 54.6 Å². The Morgan fingerprint density at radius 1 is 0.735 bits per heavy atom. The second kappa shape index (κ2) is 10.9. The van der Waals surface area contributed by atoms with E-state index in [0.29, 0.717) is 44.3 Å². The Hall–Kier alpha value is -3.76. The molecule has 0 aliphatic carbocycles. The first-order valence-electron chi connectivity index (χ1n) is 11.4. The van der Waals surface area contributed by atoms with Crippen LogP contribution in [0, 0.1) is 0 Å². The number of ether oxygens (including phenoxy) is 3. The molecule has 0 bridgehead atoms. The Labute approximate surface area is 198 Å². The molecule has 0 atom stereocenters. The molecule has 5 rings (SSSR count). The lowest BCUT2D eigenvalue weighted by Gasteiger charge is -2.30. The Bertz CT molecular complexity index is 1050. The fourth-order valence-corrected chi connectivity index (χ4v) is 3.62. The molecule has 1 N–H and O–H groups in total. The van der Waals surface area contributed by atoms with Gasteiger partial charge in [-0.2, -0.15) is 20.1 Å². The second-order valence-electron chi connectivity index (χ2n) is 7.81. The van der Waals surface area contributed by atoms with Crippen LogP contribution >= 0.6 is 0 Å². The number of para-hydroxylation sites is 1. The van der Waals surface area contributed by atoms with Gasteiger partial charge in [0.05, 0.1) is 32.6 Å². The first-order valence-corrected chi connectivity index (χ1v) is 11.4. The number of nitrogens with one attached hydrogen (secondary N) is 1. The van der Waals surface area contributed by atoms with Gasteiger partial charge in [0.15, 0.2) is 0 Å².